The number of aromatic nitrogens is 3. The molecule has 148 valence electrons. The SMILES string of the molecule is CN=C(NCCc1nnc2ccccn12)NCC1CCCOC1C(C)(C)C. The molecule has 0 saturated carbocycles. The first-order chi connectivity index (χ1) is 13.0. The molecule has 3 rings (SSSR count). The summed E-state index contributed by atoms with van der Waals surface area (Å²) in [6.07, 6.45) is 5.37. The number of hydrogen-bond donors (Lipinski definition) is 2. The summed E-state index contributed by atoms with van der Waals surface area (Å²) in [5.74, 6) is 2.27. The van der Waals surface area contributed by atoms with E-state index in [0.29, 0.717) is 5.92 Å². The molecule has 0 aromatic carbocycles. The molecule has 2 aromatic rings. The Kier molecular flexibility index (Phi) is 6.31. The van der Waals surface area contributed by atoms with E-state index in [2.05, 4.69) is 46.6 Å². The number of aliphatic imine (C=N–C) groups is 1. The van der Waals surface area contributed by atoms with Crippen molar-refractivity contribution in [3.8, 4) is 0 Å². The molecular formula is C20H32N6O. The number of fused-ring (bicyclic) bond motifs is 1. The maximum absolute atomic E-state index is 6.07. The Hall–Kier alpha value is -2.15. The lowest BCUT2D eigenvalue weighted by Gasteiger charge is -2.40. The Morgan fingerprint density at radius 1 is 1.30 bits per heavy atom. The fraction of sp³-hybridized carbons (Fsp3) is 0.650. The zero-order valence-electron chi connectivity index (χ0n) is 16.9. The van der Waals surface area contributed by atoms with Gasteiger partial charge in [-0.3, -0.25) is 9.39 Å². The number of nitrogens with zero attached hydrogens (tertiary/aromatic N) is 4. The number of pyridine rings is 1. The van der Waals surface area contributed by atoms with Gasteiger partial charge in [0, 0.05) is 45.3 Å². The molecule has 0 amide bonds. The largest absolute Gasteiger partial charge is 0.377 e. The van der Waals surface area contributed by atoms with Crippen molar-refractivity contribution in [1.29, 1.82) is 0 Å². The molecule has 1 fully saturated rings. The van der Waals surface area contributed by atoms with Gasteiger partial charge in [-0.15, -0.1) is 10.2 Å². The van der Waals surface area contributed by atoms with E-state index in [0.717, 1.165) is 50.0 Å². The minimum Gasteiger partial charge on any atom is -0.377 e. The van der Waals surface area contributed by atoms with Crippen LogP contribution in [0.3, 0.4) is 0 Å². The van der Waals surface area contributed by atoms with E-state index in [1.54, 1.807) is 7.05 Å². The van der Waals surface area contributed by atoms with Gasteiger partial charge in [0.2, 0.25) is 0 Å². The summed E-state index contributed by atoms with van der Waals surface area (Å²) >= 11 is 0. The highest BCUT2D eigenvalue weighted by atomic mass is 16.5. The smallest absolute Gasteiger partial charge is 0.191 e. The van der Waals surface area contributed by atoms with Gasteiger partial charge in [-0.1, -0.05) is 26.8 Å². The summed E-state index contributed by atoms with van der Waals surface area (Å²) in [6.45, 7) is 9.26. The summed E-state index contributed by atoms with van der Waals surface area (Å²) in [5, 5.41) is 15.3. The predicted molar refractivity (Wildman–Crippen MR) is 108 cm³/mol. The molecule has 1 aliphatic heterocycles. The van der Waals surface area contributed by atoms with E-state index in [1.165, 1.54) is 6.42 Å². The van der Waals surface area contributed by atoms with Crippen molar-refractivity contribution in [3.63, 3.8) is 0 Å². The van der Waals surface area contributed by atoms with E-state index in [1.807, 2.05) is 28.8 Å². The molecule has 0 aliphatic carbocycles. The molecule has 0 radical (unpaired) electrons. The fourth-order valence-corrected chi connectivity index (χ4v) is 3.81. The van der Waals surface area contributed by atoms with Crippen LogP contribution in [0.5, 0.6) is 0 Å². The first kappa shape index (κ1) is 19.6. The van der Waals surface area contributed by atoms with Crippen LogP contribution in [-0.4, -0.2) is 53.4 Å². The molecule has 2 aromatic heterocycles. The third-order valence-corrected chi connectivity index (χ3v) is 5.08. The Labute approximate surface area is 161 Å². The number of rotatable bonds is 5. The minimum atomic E-state index is 0.151. The zero-order chi connectivity index (χ0) is 19.3. The van der Waals surface area contributed by atoms with Crippen LogP contribution in [0.4, 0.5) is 0 Å². The van der Waals surface area contributed by atoms with E-state index in [9.17, 15) is 0 Å². The number of nitrogens with one attached hydrogen (secondary N) is 2. The number of guanidine groups is 1. The van der Waals surface area contributed by atoms with Gasteiger partial charge in [-0.25, -0.2) is 0 Å². The summed E-state index contributed by atoms with van der Waals surface area (Å²) < 4.78 is 8.09. The van der Waals surface area contributed by atoms with Gasteiger partial charge in [0.25, 0.3) is 0 Å². The van der Waals surface area contributed by atoms with E-state index in [-0.39, 0.29) is 11.5 Å². The van der Waals surface area contributed by atoms with Crippen LogP contribution in [0.1, 0.15) is 39.4 Å². The minimum absolute atomic E-state index is 0.151. The van der Waals surface area contributed by atoms with Crippen LogP contribution in [0.2, 0.25) is 0 Å². The van der Waals surface area contributed by atoms with Crippen molar-refractivity contribution in [3.05, 3.63) is 30.2 Å². The predicted octanol–water partition coefficient (Wildman–Crippen LogP) is 2.28. The summed E-state index contributed by atoms with van der Waals surface area (Å²) in [7, 11) is 1.81. The normalized spacial score (nSPS) is 21.4. The Balaban J connectivity index is 1.49. The van der Waals surface area contributed by atoms with Crippen LogP contribution >= 0.6 is 0 Å². The van der Waals surface area contributed by atoms with Gasteiger partial charge in [0.1, 0.15) is 5.82 Å². The maximum Gasteiger partial charge on any atom is 0.191 e. The molecule has 1 saturated heterocycles. The Bertz CT molecular complexity index is 763. The van der Waals surface area contributed by atoms with Crippen molar-refractivity contribution in [1.82, 2.24) is 25.2 Å². The molecule has 3 heterocycles. The summed E-state index contributed by atoms with van der Waals surface area (Å²) in [4.78, 5) is 4.35. The van der Waals surface area contributed by atoms with Gasteiger partial charge >= 0.3 is 0 Å². The van der Waals surface area contributed by atoms with Crippen molar-refractivity contribution in [2.75, 3.05) is 26.7 Å². The van der Waals surface area contributed by atoms with Crippen molar-refractivity contribution in [2.45, 2.75) is 46.1 Å². The lowest BCUT2D eigenvalue weighted by atomic mass is 9.78. The molecule has 0 spiro atoms. The Morgan fingerprint density at radius 3 is 2.93 bits per heavy atom. The fourth-order valence-electron chi connectivity index (χ4n) is 3.81. The highest BCUT2D eigenvalue weighted by Crippen LogP contribution is 2.33. The third kappa shape index (κ3) is 4.97. The van der Waals surface area contributed by atoms with Crippen molar-refractivity contribution < 1.29 is 4.74 Å². The average Bonchev–Trinajstić information content (AvgIpc) is 3.07. The van der Waals surface area contributed by atoms with Crippen molar-refractivity contribution in [2.24, 2.45) is 16.3 Å². The standard InChI is InChI=1S/C20H32N6O/c1-20(2,3)18-15(8-7-13-27-18)14-23-19(21-4)22-11-10-17-25-24-16-9-5-6-12-26(16)17/h5-6,9,12,15,18H,7-8,10-11,13-14H2,1-4H3,(H2,21,22,23). The quantitative estimate of drug-likeness (QED) is 0.622. The third-order valence-electron chi connectivity index (χ3n) is 5.08. The zero-order valence-corrected chi connectivity index (χ0v) is 16.9. The van der Waals surface area contributed by atoms with Gasteiger partial charge in [-0.2, -0.15) is 0 Å². The number of hydrogen-bond acceptors (Lipinski definition) is 4. The van der Waals surface area contributed by atoms with Gasteiger partial charge in [0.15, 0.2) is 11.6 Å². The topological polar surface area (TPSA) is 75.8 Å². The first-order valence-electron chi connectivity index (χ1n) is 9.84. The van der Waals surface area contributed by atoms with E-state index in [4.69, 9.17) is 4.74 Å². The van der Waals surface area contributed by atoms with E-state index >= 15 is 0 Å². The summed E-state index contributed by atoms with van der Waals surface area (Å²) in [6, 6.07) is 5.92. The van der Waals surface area contributed by atoms with Crippen molar-refractivity contribution >= 4 is 11.6 Å². The molecular weight excluding hydrogens is 340 g/mol. The molecule has 2 unspecified atom stereocenters. The average molecular weight is 373 g/mol. The highest BCUT2D eigenvalue weighted by molar-refractivity contribution is 5.79. The molecule has 7 heteroatoms. The van der Waals surface area contributed by atoms with E-state index < -0.39 is 0 Å². The highest BCUT2D eigenvalue weighted by Gasteiger charge is 2.35. The van der Waals surface area contributed by atoms with Crippen LogP contribution < -0.4 is 10.6 Å². The van der Waals surface area contributed by atoms with Crippen LogP contribution in [-0.2, 0) is 11.2 Å². The van der Waals surface area contributed by atoms with Gasteiger partial charge in [0.05, 0.1) is 6.10 Å². The maximum atomic E-state index is 6.07. The second-order valence-electron chi connectivity index (χ2n) is 8.23. The second-order valence-corrected chi connectivity index (χ2v) is 8.23. The Morgan fingerprint density at radius 2 is 2.15 bits per heavy atom. The molecule has 7 nitrogen and oxygen atoms in total. The monoisotopic (exact) mass is 372 g/mol. The lowest BCUT2D eigenvalue weighted by molar-refractivity contribution is -0.0835. The molecule has 2 N–H and O–H groups in total. The molecule has 0 bridgehead atoms. The van der Waals surface area contributed by atoms with Crippen LogP contribution in [0, 0.1) is 11.3 Å². The first-order valence-corrected chi connectivity index (χ1v) is 9.84. The lowest BCUT2D eigenvalue weighted by Crippen LogP contribution is -2.47. The second kappa shape index (κ2) is 8.69. The van der Waals surface area contributed by atoms with Crippen LogP contribution in [0.25, 0.3) is 5.65 Å². The molecule has 27 heavy (non-hydrogen) atoms. The summed E-state index contributed by atoms with van der Waals surface area (Å²) in [5.41, 5.74) is 1.03. The molecule has 1 aliphatic rings. The number of ether oxygens (including phenoxy) is 1. The van der Waals surface area contributed by atoms with Gasteiger partial charge < -0.3 is 15.4 Å². The van der Waals surface area contributed by atoms with Crippen LogP contribution in [0.15, 0.2) is 29.4 Å². The van der Waals surface area contributed by atoms with Gasteiger partial charge in [-0.05, 0) is 30.4 Å². The molecule has 2 atom stereocenters.